The van der Waals surface area contributed by atoms with E-state index in [9.17, 15) is 14.7 Å². The Kier molecular flexibility index (Phi) is 6.03. The van der Waals surface area contributed by atoms with Gasteiger partial charge in [-0.3, -0.25) is 9.59 Å². The quantitative estimate of drug-likeness (QED) is 0.732. The maximum atomic E-state index is 11.9. The van der Waals surface area contributed by atoms with Gasteiger partial charge in [-0.25, -0.2) is 0 Å². The maximum Gasteiger partial charge on any atom is 0.242 e. The lowest BCUT2D eigenvalue weighted by Crippen LogP contribution is -2.48. The minimum absolute atomic E-state index is 0.123. The third-order valence-electron chi connectivity index (χ3n) is 3.32. The van der Waals surface area contributed by atoms with Gasteiger partial charge in [0, 0.05) is 19.4 Å². The van der Waals surface area contributed by atoms with Crippen LogP contribution in [0.5, 0.6) is 5.75 Å². The SMILES string of the molecule is CCC(C)C(=O)NC(Cc1ccc(O)cc1)C(=O)NC. The molecule has 1 aromatic rings. The Morgan fingerprint density at radius 1 is 1.20 bits per heavy atom. The highest BCUT2D eigenvalue weighted by Crippen LogP contribution is 2.12. The Balaban J connectivity index is 2.77. The molecule has 0 radical (unpaired) electrons. The van der Waals surface area contributed by atoms with Crippen LogP contribution in [0.25, 0.3) is 0 Å². The second kappa shape index (κ2) is 7.53. The fraction of sp³-hybridized carbons (Fsp3) is 0.467. The first-order valence-corrected chi connectivity index (χ1v) is 6.77. The molecule has 0 aromatic heterocycles. The van der Waals surface area contributed by atoms with Crippen molar-refractivity contribution in [3.05, 3.63) is 29.8 Å². The summed E-state index contributed by atoms with van der Waals surface area (Å²) >= 11 is 0. The normalized spacial score (nSPS) is 13.3. The summed E-state index contributed by atoms with van der Waals surface area (Å²) < 4.78 is 0. The van der Waals surface area contributed by atoms with Gasteiger partial charge in [-0.05, 0) is 24.1 Å². The molecule has 2 unspecified atom stereocenters. The molecule has 0 fully saturated rings. The van der Waals surface area contributed by atoms with Crippen LogP contribution in [0.3, 0.4) is 0 Å². The number of carbonyl (C=O) groups is 2. The predicted molar refractivity (Wildman–Crippen MR) is 77.3 cm³/mol. The number of hydrogen-bond donors (Lipinski definition) is 3. The zero-order valence-corrected chi connectivity index (χ0v) is 12.1. The van der Waals surface area contributed by atoms with Gasteiger partial charge in [-0.2, -0.15) is 0 Å². The third-order valence-corrected chi connectivity index (χ3v) is 3.32. The van der Waals surface area contributed by atoms with Crippen molar-refractivity contribution in [1.82, 2.24) is 10.6 Å². The van der Waals surface area contributed by atoms with Crippen LogP contribution < -0.4 is 10.6 Å². The molecule has 5 heteroatoms. The largest absolute Gasteiger partial charge is 0.508 e. The summed E-state index contributed by atoms with van der Waals surface area (Å²) in [4.78, 5) is 23.8. The first-order valence-electron chi connectivity index (χ1n) is 6.77. The van der Waals surface area contributed by atoms with E-state index in [1.165, 1.54) is 0 Å². The minimum atomic E-state index is -0.606. The molecule has 1 aromatic carbocycles. The topological polar surface area (TPSA) is 78.4 Å². The number of likely N-dealkylation sites (N-methyl/N-ethyl adjacent to an activating group) is 1. The number of aromatic hydroxyl groups is 1. The molecule has 2 atom stereocenters. The molecule has 1 rings (SSSR count). The van der Waals surface area contributed by atoms with Crippen molar-refractivity contribution < 1.29 is 14.7 Å². The average Bonchev–Trinajstić information content (AvgIpc) is 2.46. The average molecular weight is 278 g/mol. The first-order chi connectivity index (χ1) is 9.47. The summed E-state index contributed by atoms with van der Waals surface area (Å²) in [6, 6.07) is 5.99. The molecule has 5 nitrogen and oxygen atoms in total. The summed E-state index contributed by atoms with van der Waals surface area (Å²) in [7, 11) is 1.54. The van der Waals surface area contributed by atoms with Gasteiger partial charge in [0.15, 0.2) is 0 Å². The molecule has 20 heavy (non-hydrogen) atoms. The molecule has 110 valence electrons. The van der Waals surface area contributed by atoms with E-state index in [1.807, 2.05) is 13.8 Å². The van der Waals surface area contributed by atoms with Crippen molar-refractivity contribution in [3.63, 3.8) is 0 Å². The van der Waals surface area contributed by atoms with Crippen LogP contribution in [0.4, 0.5) is 0 Å². The number of rotatable bonds is 6. The molecule has 0 heterocycles. The van der Waals surface area contributed by atoms with Gasteiger partial charge in [-0.15, -0.1) is 0 Å². The molecular formula is C15H22N2O3. The van der Waals surface area contributed by atoms with Gasteiger partial charge in [0.2, 0.25) is 11.8 Å². The molecule has 0 aliphatic carbocycles. The first kappa shape index (κ1) is 16.0. The Labute approximate surface area is 119 Å². The summed E-state index contributed by atoms with van der Waals surface area (Å²) in [6.07, 6.45) is 1.12. The van der Waals surface area contributed by atoms with Gasteiger partial charge < -0.3 is 15.7 Å². The molecule has 2 amide bonds. The van der Waals surface area contributed by atoms with Crippen LogP contribution in [0.2, 0.25) is 0 Å². The highest BCUT2D eigenvalue weighted by atomic mass is 16.3. The number of phenolic OH excluding ortho intramolecular Hbond substituents is 1. The third kappa shape index (κ3) is 4.57. The van der Waals surface area contributed by atoms with Crippen molar-refractivity contribution in [1.29, 1.82) is 0 Å². The minimum Gasteiger partial charge on any atom is -0.508 e. The number of nitrogens with one attached hydrogen (secondary N) is 2. The van der Waals surface area contributed by atoms with E-state index in [2.05, 4.69) is 10.6 Å². The van der Waals surface area contributed by atoms with Crippen LogP contribution in [-0.2, 0) is 16.0 Å². The smallest absolute Gasteiger partial charge is 0.242 e. The molecule has 0 aliphatic rings. The van der Waals surface area contributed by atoms with Crippen LogP contribution in [0.15, 0.2) is 24.3 Å². The lowest BCUT2D eigenvalue weighted by Gasteiger charge is -2.19. The van der Waals surface area contributed by atoms with Gasteiger partial charge in [0.1, 0.15) is 11.8 Å². The molecule has 0 saturated heterocycles. The van der Waals surface area contributed by atoms with E-state index >= 15 is 0 Å². The summed E-state index contributed by atoms with van der Waals surface area (Å²) in [5.41, 5.74) is 0.876. The van der Waals surface area contributed by atoms with Gasteiger partial charge in [0.05, 0.1) is 0 Å². The van der Waals surface area contributed by atoms with E-state index < -0.39 is 6.04 Å². The zero-order valence-electron chi connectivity index (χ0n) is 12.1. The van der Waals surface area contributed by atoms with Crippen LogP contribution in [0.1, 0.15) is 25.8 Å². The van der Waals surface area contributed by atoms with Crippen molar-refractivity contribution in [2.45, 2.75) is 32.7 Å². The number of hydrogen-bond acceptors (Lipinski definition) is 3. The summed E-state index contributed by atoms with van der Waals surface area (Å²) in [5.74, 6) is -0.300. The van der Waals surface area contributed by atoms with Crippen LogP contribution in [0, 0.1) is 5.92 Å². The summed E-state index contributed by atoms with van der Waals surface area (Å²) in [6.45, 7) is 3.76. The summed E-state index contributed by atoms with van der Waals surface area (Å²) in [5, 5.41) is 14.6. The fourth-order valence-corrected chi connectivity index (χ4v) is 1.75. The molecule has 0 aliphatic heterocycles. The Hall–Kier alpha value is -2.04. The second-order valence-electron chi connectivity index (χ2n) is 4.86. The number of amides is 2. The van der Waals surface area contributed by atoms with Crippen molar-refractivity contribution in [3.8, 4) is 5.75 Å². The zero-order chi connectivity index (χ0) is 15.1. The number of carbonyl (C=O) groups excluding carboxylic acids is 2. The van der Waals surface area contributed by atoms with E-state index in [4.69, 9.17) is 0 Å². The second-order valence-corrected chi connectivity index (χ2v) is 4.86. The van der Waals surface area contributed by atoms with Crippen molar-refractivity contribution >= 4 is 11.8 Å². The van der Waals surface area contributed by atoms with Crippen molar-refractivity contribution in [2.24, 2.45) is 5.92 Å². The highest BCUT2D eigenvalue weighted by Gasteiger charge is 2.22. The maximum absolute atomic E-state index is 11.9. The molecule has 0 bridgehead atoms. The molecular weight excluding hydrogens is 256 g/mol. The Morgan fingerprint density at radius 3 is 2.30 bits per heavy atom. The van der Waals surface area contributed by atoms with Crippen LogP contribution in [-0.4, -0.2) is 30.0 Å². The van der Waals surface area contributed by atoms with E-state index in [-0.39, 0.29) is 23.5 Å². The number of phenols is 1. The molecule has 3 N–H and O–H groups in total. The van der Waals surface area contributed by atoms with Crippen LogP contribution >= 0.6 is 0 Å². The van der Waals surface area contributed by atoms with Gasteiger partial charge in [0.25, 0.3) is 0 Å². The lowest BCUT2D eigenvalue weighted by molar-refractivity contribution is -0.130. The highest BCUT2D eigenvalue weighted by molar-refractivity contribution is 5.88. The van der Waals surface area contributed by atoms with Gasteiger partial charge >= 0.3 is 0 Å². The monoisotopic (exact) mass is 278 g/mol. The van der Waals surface area contributed by atoms with E-state index in [0.29, 0.717) is 6.42 Å². The Morgan fingerprint density at radius 2 is 1.80 bits per heavy atom. The fourth-order valence-electron chi connectivity index (χ4n) is 1.75. The van der Waals surface area contributed by atoms with E-state index in [1.54, 1.807) is 31.3 Å². The Bertz CT molecular complexity index is 457. The predicted octanol–water partition coefficient (Wildman–Crippen LogP) is 1.21. The number of benzene rings is 1. The molecule has 0 saturated carbocycles. The van der Waals surface area contributed by atoms with E-state index in [0.717, 1.165) is 12.0 Å². The van der Waals surface area contributed by atoms with Crippen molar-refractivity contribution in [2.75, 3.05) is 7.05 Å². The lowest BCUT2D eigenvalue weighted by atomic mass is 10.0. The van der Waals surface area contributed by atoms with Gasteiger partial charge in [-0.1, -0.05) is 26.0 Å². The molecule has 0 spiro atoms. The standard InChI is InChI=1S/C15H22N2O3/c1-4-10(2)14(19)17-13(15(20)16-3)9-11-5-7-12(18)8-6-11/h5-8,10,13,18H,4,9H2,1-3H3,(H,16,20)(H,17,19).